The monoisotopic (exact) mass is 261 g/mol. The second-order valence-corrected chi connectivity index (χ2v) is 6.14. The van der Waals surface area contributed by atoms with Crippen LogP contribution in [0.2, 0.25) is 0 Å². The summed E-state index contributed by atoms with van der Waals surface area (Å²) in [4.78, 5) is 11.9. The quantitative estimate of drug-likeness (QED) is 0.888. The molecule has 3 heteroatoms. The predicted octanol–water partition coefficient (Wildman–Crippen LogP) is 3.03. The van der Waals surface area contributed by atoms with Crippen LogP contribution in [0.25, 0.3) is 0 Å². The molecule has 1 aromatic carbocycles. The lowest BCUT2D eigenvalue weighted by Gasteiger charge is -2.25. The molecule has 0 bridgehead atoms. The van der Waals surface area contributed by atoms with Gasteiger partial charge < -0.3 is 10.1 Å². The Bertz CT molecular complexity index is 448. The van der Waals surface area contributed by atoms with Crippen LogP contribution in [-0.4, -0.2) is 18.6 Å². The summed E-state index contributed by atoms with van der Waals surface area (Å²) in [6, 6.07) is 8.00. The molecule has 1 atom stereocenters. The van der Waals surface area contributed by atoms with Crippen molar-refractivity contribution in [1.29, 1.82) is 0 Å². The first-order valence-electron chi connectivity index (χ1n) is 7.02. The number of hydrogen-bond donors (Lipinski definition) is 1. The summed E-state index contributed by atoms with van der Waals surface area (Å²) in [5.74, 6) is 0.846. The number of carbonyl (C=O) groups is 1. The molecule has 1 aromatic rings. The lowest BCUT2D eigenvalue weighted by Crippen LogP contribution is -2.37. The molecule has 1 unspecified atom stereocenters. The van der Waals surface area contributed by atoms with Crippen molar-refractivity contribution < 1.29 is 9.53 Å². The second-order valence-electron chi connectivity index (χ2n) is 6.14. The van der Waals surface area contributed by atoms with Crippen LogP contribution in [0, 0.1) is 0 Å². The van der Waals surface area contributed by atoms with E-state index in [-0.39, 0.29) is 17.4 Å². The molecule has 1 aliphatic rings. The maximum absolute atomic E-state index is 11.9. The van der Waals surface area contributed by atoms with Crippen LogP contribution in [0.1, 0.15) is 45.6 Å². The van der Waals surface area contributed by atoms with Crippen molar-refractivity contribution in [3.63, 3.8) is 0 Å². The number of para-hydroxylation sites is 1. The highest BCUT2D eigenvalue weighted by molar-refractivity contribution is 5.81. The molecule has 1 fully saturated rings. The van der Waals surface area contributed by atoms with Crippen LogP contribution in [0.3, 0.4) is 0 Å². The van der Waals surface area contributed by atoms with Crippen molar-refractivity contribution in [2.24, 2.45) is 0 Å². The zero-order chi connectivity index (χ0) is 13.9. The van der Waals surface area contributed by atoms with Gasteiger partial charge in [-0.2, -0.15) is 0 Å². The molecule has 0 aromatic heterocycles. The Morgan fingerprint density at radius 2 is 1.95 bits per heavy atom. The van der Waals surface area contributed by atoms with Gasteiger partial charge in [0.2, 0.25) is 0 Å². The van der Waals surface area contributed by atoms with Gasteiger partial charge in [0.1, 0.15) is 5.75 Å². The van der Waals surface area contributed by atoms with Crippen LogP contribution in [0.15, 0.2) is 24.3 Å². The molecule has 19 heavy (non-hydrogen) atoms. The van der Waals surface area contributed by atoms with Gasteiger partial charge in [0, 0.05) is 6.54 Å². The van der Waals surface area contributed by atoms with Crippen LogP contribution in [0.4, 0.5) is 0 Å². The van der Waals surface area contributed by atoms with E-state index in [1.54, 1.807) is 0 Å². The van der Waals surface area contributed by atoms with Gasteiger partial charge in [0.05, 0.1) is 0 Å². The number of carbonyl (C=O) groups excluding carboxylic acids is 1. The van der Waals surface area contributed by atoms with Gasteiger partial charge in [0.25, 0.3) is 5.91 Å². The molecule has 0 spiro atoms. The highest BCUT2D eigenvalue weighted by atomic mass is 16.5. The lowest BCUT2D eigenvalue weighted by molar-refractivity contribution is -0.127. The molecule has 1 heterocycles. The van der Waals surface area contributed by atoms with Crippen LogP contribution >= 0.6 is 0 Å². The van der Waals surface area contributed by atoms with E-state index in [1.165, 1.54) is 0 Å². The van der Waals surface area contributed by atoms with Gasteiger partial charge in [-0.15, -0.1) is 0 Å². The molecule has 2 rings (SSSR count). The molecule has 1 N–H and O–H groups in total. The highest BCUT2D eigenvalue weighted by Gasteiger charge is 2.25. The third-order valence-electron chi connectivity index (χ3n) is 3.45. The minimum atomic E-state index is -0.356. The standard InChI is InChI=1S/C16H23NO2/c1-16(2,3)12-8-4-5-9-13(12)19-14-10-6-7-11-17-15(14)18/h4-5,8-9,14H,6-7,10-11H2,1-3H3,(H,17,18). The van der Waals surface area contributed by atoms with E-state index in [1.807, 2.05) is 18.2 Å². The second kappa shape index (κ2) is 5.64. The van der Waals surface area contributed by atoms with Crippen molar-refractivity contribution in [1.82, 2.24) is 5.32 Å². The number of hydrogen-bond acceptors (Lipinski definition) is 2. The van der Waals surface area contributed by atoms with E-state index in [0.717, 1.165) is 37.1 Å². The Morgan fingerprint density at radius 1 is 1.21 bits per heavy atom. The molecule has 104 valence electrons. The fourth-order valence-corrected chi connectivity index (χ4v) is 2.37. The maximum atomic E-state index is 11.9. The molecular weight excluding hydrogens is 238 g/mol. The van der Waals surface area contributed by atoms with Crippen LogP contribution in [0.5, 0.6) is 5.75 Å². The Hall–Kier alpha value is -1.51. The third kappa shape index (κ3) is 3.49. The van der Waals surface area contributed by atoms with E-state index < -0.39 is 0 Å². The van der Waals surface area contributed by atoms with Crippen molar-refractivity contribution >= 4 is 5.91 Å². The summed E-state index contributed by atoms with van der Waals surface area (Å²) in [6.45, 7) is 7.23. The Balaban J connectivity index is 2.20. The predicted molar refractivity (Wildman–Crippen MR) is 76.4 cm³/mol. The average molecular weight is 261 g/mol. The van der Waals surface area contributed by atoms with Crippen molar-refractivity contribution in [2.75, 3.05) is 6.54 Å². The first-order valence-corrected chi connectivity index (χ1v) is 7.02. The first-order chi connectivity index (χ1) is 8.98. The SMILES string of the molecule is CC(C)(C)c1ccccc1OC1CCCCNC1=O. The van der Waals surface area contributed by atoms with Gasteiger partial charge in [-0.3, -0.25) is 4.79 Å². The van der Waals surface area contributed by atoms with Crippen molar-refractivity contribution in [2.45, 2.75) is 51.6 Å². The Morgan fingerprint density at radius 3 is 2.68 bits per heavy atom. The summed E-state index contributed by atoms with van der Waals surface area (Å²) < 4.78 is 5.99. The first kappa shape index (κ1) is 13.9. The van der Waals surface area contributed by atoms with E-state index >= 15 is 0 Å². The summed E-state index contributed by atoms with van der Waals surface area (Å²) in [5, 5.41) is 2.91. The van der Waals surface area contributed by atoms with Crippen molar-refractivity contribution in [3.05, 3.63) is 29.8 Å². The van der Waals surface area contributed by atoms with Crippen LogP contribution < -0.4 is 10.1 Å². The maximum Gasteiger partial charge on any atom is 0.261 e. The summed E-state index contributed by atoms with van der Waals surface area (Å²) in [7, 11) is 0. The van der Waals surface area contributed by atoms with E-state index in [4.69, 9.17) is 4.74 Å². The van der Waals surface area contributed by atoms with E-state index in [9.17, 15) is 4.79 Å². The molecule has 3 nitrogen and oxygen atoms in total. The van der Waals surface area contributed by atoms with Gasteiger partial charge in [-0.1, -0.05) is 39.0 Å². The smallest absolute Gasteiger partial charge is 0.261 e. The minimum absolute atomic E-state index is 0.0117. The molecule has 1 saturated heterocycles. The highest BCUT2D eigenvalue weighted by Crippen LogP contribution is 2.32. The number of nitrogens with one attached hydrogen (secondary N) is 1. The molecule has 0 saturated carbocycles. The Labute approximate surface area is 115 Å². The van der Waals surface area contributed by atoms with Gasteiger partial charge in [-0.05, 0) is 36.3 Å². The van der Waals surface area contributed by atoms with Crippen LogP contribution in [-0.2, 0) is 10.2 Å². The summed E-state index contributed by atoms with van der Waals surface area (Å²) in [6.07, 6.45) is 2.50. The molecule has 0 radical (unpaired) electrons. The van der Waals surface area contributed by atoms with Gasteiger partial charge >= 0.3 is 0 Å². The van der Waals surface area contributed by atoms with E-state index in [2.05, 4.69) is 32.2 Å². The fourth-order valence-electron chi connectivity index (χ4n) is 2.37. The minimum Gasteiger partial charge on any atom is -0.480 e. The zero-order valence-electron chi connectivity index (χ0n) is 12.0. The molecular formula is C16H23NO2. The summed E-state index contributed by atoms with van der Waals surface area (Å²) in [5.41, 5.74) is 1.16. The lowest BCUT2D eigenvalue weighted by atomic mass is 9.86. The number of rotatable bonds is 2. The Kier molecular flexibility index (Phi) is 4.13. The number of benzene rings is 1. The average Bonchev–Trinajstić information content (AvgIpc) is 2.54. The van der Waals surface area contributed by atoms with Gasteiger partial charge in [-0.25, -0.2) is 0 Å². The summed E-state index contributed by atoms with van der Waals surface area (Å²) >= 11 is 0. The normalized spacial score (nSPS) is 20.6. The fraction of sp³-hybridized carbons (Fsp3) is 0.562. The number of amides is 1. The molecule has 1 amide bonds. The number of ether oxygens (including phenoxy) is 1. The molecule has 0 aliphatic carbocycles. The van der Waals surface area contributed by atoms with E-state index in [0.29, 0.717) is 0 Å². The van der Waals surface area contributed by atoms with Gasteiger partial charge in [0.15, 0.2) is 6.10 Å². The largest absolute Gasteiger partial charge is 0.480 e. The zero-order valence-corrected chi connectivity index (χ0v) is 12.0. The molecule has 1 aliphatic heterocycles. The third-order valence-corrected chi connectivity index (χ3v) is 3.45. The topological polar surface area (TPSA) is 38.3 Å². The van der Waals surface area contributed by atoms with Crippen molar-refractivity contribution in [3.8, 4) is 5.75 Å².